The molecule has 204 valence electrons. The smallest absolute Gasteiger partial charge is 0.289 e. The van der Waals surface area contributed by atoms with Crippen LogP contribution in [-0.4, -0.2) is 29.3 Å². The summed E-state index contributed by atoms with van der Waals surface area (Å²) in [7, 11) is 0. The highest BCUT2D eigenvalue weighted by atomic mass is 35.5. The number of alkyl halides is 6. The van der Waals surface area contributed by atoms with Crippen molar-refractivity contribution in [3.8, 4) is 10.4 Å². The van der Waals surface area contributed by atoms with E-state index in [4.69, 9.17) is 11.6 Å². The maximum Gasteiger partial charge on any atom is 0.380 e. The van der Waals surface area contributed by atoms with Gasteiger partial charge in [-0.2, -0.15) is 26.3 Å². The van der Waals surface area contributed by atoms with Crippen molar-refractivity contribution < 1.29 is 35.9 Å². The van der Waals surface area contributed by atoms with E-state index in [-0.39, 0.29) is 47.0 Å². The number of benzene rings is 2. The Morgan fingerprint density at radius 3 is 1.68 bits per heavy atom. The van der Waals surface area contributed by atoms with Gasteiger partial charge < -0.3 is 0 Å². The summed E-state index contributed by atoms with van der Waals surface area (Å²) in [5.41, 5.74) is -2.75. The Kier molecular flexibility index (Phi) is 5.83. The standard InChI is InChI=1S/C29H15ClF6O2S2/c1-12-18(23-24(19-11-22(30)40-13(19)2)28(33,34)29(35,36)27(23,31)32)10-21(39-12)14-7-8-17-20(9-14)26(38)16-6-4-3-5-15(16)25(17)37/h3-11H,1-2H3. The maximum absolute atomic E-state index is 15.3. The van der Waals surface area contributed by atoms with Gasteiger partial charge in [0.05, 0.1) is 4.34 Å². The van der Waals surface area contributed by atoms with Crippen molar-refractivity contribution in [2.45, 2.75) is 31.6 Å². The van der Waals surface area contributed by atoms with Gasteiger partial charge in [-0.1, -0.05) is 41.9 Å². The Labute approximate surface area is 236 Å². The largest absolute Gasteiger partial charge is 0.380 e. The van der Waals surface area contributed by atoms with Gasteiger partial charge in [-0.15, -0.1) is 22.7 Å². The molecule has 2 heterocycles. The number of halogens is 7. The Hall–Kier alpha value is -3.21. The van der Waals surface area contributed by atoms with Crippen molar-refractivity contribution in [2.24, 2.45) is 0 Å². The molecule has 0 saturated heterocycles. The first kappa shape index (κ1) is 27.0. The first-order chi connectivity index (χ1) is 18.7. The molecule has 0 amide bonds. The lowest BCUT2D eigenvalue weighted by atomic mass is 9.83. The quantitative estimate of drug-likeness (QED) is 0.191. The second-order valence-electron chi connectivity index (χ2n) is 9.54. The predicted molar refractivity (Wildman–Crippen MR) is 144 cm³/mol. The summed E-state index contributed by atoms with van der Waals surface area (Å²) in [5, 5.41) is 0. The van der Waals surface area contributed by atoms with Crippen LogP contribution < -0.4 is 0 Å². The number of allylic oxidation sites excluding steroid dienone is 2. The van der Waals surface area contributed by atoms with Gasteiger partial charge in [0.15, 0.2) is 11.6 Å². The van der Waals surface area contributed by atoms with Crippen LogP contribution in [0.2, 0.25) is 4.34 Å². The highest BCUT2D eigenvalue weighted by Gasteiger charge is 2.80. The van der Waals surface area contributed by atoms with Gasteiger partial charge in [0.2, 0.25) is 0 Å². The van der Waals surface area contributed by atoms with Gasteiger partial charge in [-0.3, -0.25) is 9.59 Å². The second-order valence-corrected chi connectivity index (χ2v) is 12.7. The van der Waals surface area contributed by atoms with Gasteiger partial charge >= 0.3 is 17.8 Å². The number of hydrogen-bond acceptors (Lipinski definition) is 4. The molecule has 2 aromatic heterocycles. The van der Waals surface area contributed by atoms with Gasteiger partial charge in [-0.25, -0.2) is 0 Å². The molecular formula is C29H15ClF6O2S2. The van der Waals surface area contributed by atoms with E-state index in [0.717, 1.165) is 34.8 Å². The molecule has 2 aliphatic rings. The fraction of sp³-hybridized carbons (Fsp3) is 0.172. The summed E-state index contributed by atoms with van der Waals surface area (Å²) in [5.74, 6) is -16.8. The molecule has 2 aromatic carbocycles. The summed E-state index contributed by atoms with van der Waals surface area (Å²) >= 11 is 7.67. The van der Waals surface area contributed by atoms with E-state index >= 15 is 17.6 Å². The zero-order chi connectivity index (χ0) is 28.9. The van der Waals surface area contributed by atoms with E-state index in [9.17, 15) is 18.4 Å². The third kappa shape index (κ3) is 3.48. The minimum atomic E-state index is -5.69. The molecule has 40 heavy (non-hydrogen) atoms. The molecule has 0 unspecified atom stereocenters. The van der Waals surface area contributed by atoms with Crippen molar-refractivity contribution in [1.82, 2.24) is 0 Å². The molecule has 0 radical (unpaired) electrons. The van der Waals surface area contributed by atoms with Crippen LogP contribution in [0.1, 0.15) is 52.7 Å². The average Bonchev–Trinajstić information content (AvgIpc) is 3.47. The van der Waals surface area contributed by atoms with E-state index in [0.29, 0.717) is 5.56 Å². The van der Waals surface area contributed by atoms with Gasteiger partial charge in [0.25, 0.3) is 0 Å². The molecule has 2 nitrogen and oxygen atoms in total. The molecule has 0 N–H and O–H groups in total. The molecule has 0 atom stereocenters. The van der Waals surface area contributed by atoms with Crippen LogP contribution in [0.3, 0.4) is 0 Å². The summed E-state index contributed by atoms with van der Waals surface area (Å²) in [4.78, 5) is 26.6. The molecule has 4 aromatic rings. The minimum Gasteiger partial charge on any atom is -0.289 e. The number of carbonyl (C=O) groups excluding carboxylic acids is 2. The lowest BCUT2D eigenvalue weighted by Gasteiger charge is -2.25. The van der Waals surface area contributed by atoms with E-state index in [2.05, 4.69) is 0 Å². The normalized spacial score (nSPS) is 18.7. The average molecular weight is 609 g/mol. The Morgan fingerprint density at radius 1 is 0.625 bits per heavy atom. The lowest BCUT2D eigenvalue weighted by molar-refractivity contribution is -0.254. The number of carbonyl (C=O) groups is 2. The summed E-state index contributed by atoms with van der Waals surface area (Å²) in [6.07, 6.45) is 0. The van der Waals surface area contributed by atoms with E-state index in [1.807, 2.05) is 0 Å². The molecule has 0 bridgehead atoms. The highest BCUT2D eigenvalue weighted by molar-refractivity contribution is 7.16. The van der Waals surface area contributed by atoms with E-state index in [1.165, 1.54) is 38.1 Å². The van der Waals surface area contributed by atoms with Crippen molar-refractivity contribution >= 4 is 57.0 Å². The van der Waals surface area contributed by atoms with Gasteiger partial charge in [-0.05, 0) is 54.8 Å². The van der Waals surface area contributed by atoms with Crippen molar-refractivity contribution in [2.75, 3.05) is 0 Å². The molecule has 6 rings (SSSR count). The number of rotatable bonds is 3. The molecule has 0 aliphatic heterocycles. The fourth-order valence-electron chi connectivity index (χ4n) is 5.25. The number of aryl methyl sites for hydroxylation is 2. The highest BCUT2D eigenvalue weighted by Crippen LogP contribution is 2.66. The number of fused-ring (bicyclic) bond motifs is 2. The Bertz CT molecular complexity index is 1810. The van der Waals surface area contributed by atoms with Crippen molar-refractivity contribution in [3.05, 3.63) is 102 Å². The van der Waals surface area contributed by atoms with E-state index < -0.39 is 45.8 Å². The van der Waals surface area contributed by atoms with E-state index in [1.54, 1.807) is 18.2 Å². The minimum absolute atomic E-state index is 0.00809. The lowest BCUT2D eigenvalue weighted by Crippen LogP contribution is -2.48. The van der Waals surface area contributed by atoms with Crippen LogP contribution in [0.25, 0.3) is 21.6 Å². The first-order valence-corrected chi connectivity index (χ1v) is 13.8. The third-order valence-corrected chi connectivity index (χ3v) is 9.50. The molecule has 11 heteroatoms. The van der Waals surface area contributed by atoms with Crippen LogP contribution in [0, 0.1) is 13.8 Å². The van der Waals surface area contributed by atoms with Gasteiger partial charge in [0.1, 0.15) is 0 Å². The van der Waals surface area contributed by atoms with Crippen LogP contribution in [0.4, 0.5) is 26.3 Å². The topological polar surface area (TPSA) is 34.1 Å². The van der Waals surface area contributed by atoms with Crippen LogP contribution in [0.5, 0.6) is 0 Å². The molecule has 0 saturated carbocycles. The van der Waals surface area contributed by atoms with Crippen molar-refractivity contribution in [1.29, 1.82) is 0 Å². The summed E-state index contributed by atoms with van der Waals surface area (Å²) in [6.45, 7) is 2.71. The molecule has 2 aliphatic carbocycles. The fourth-order valence-corrected chi connectivity index (χ4v) is 7.47. The molecular weight excluding hydrogens is 594 g/mol. The number of ketones is 2. The molecule has 0 spiro atoms. The van der Waals surface area contributed by atoms with Gasteiger partial charge in [0, 0.05) is 48.0 Å². The number of hydrogen-bond donors (Lipinski definition) is 0. The van der Waals surface area contributed by atoms with Crippen LogP contribution in [-0.2, 0) is 0 Å². The van der Waals surface area contributed by atoms with Crippen LogP contribution >= 0.6 is 34.3 Å². The summed E-state index contributed by atoms with van der Waals surface area (Å²) < 4.78 is 90.3. The second kappa shape index (κ2) is 8.64. The van der Waals surface area contributed by atoms with Crippen molar-refractivity contribution in [3.63, 3.8) is 0 Å². The zero-order valence-corrected chi connectivity index (χ0v) is 22.9. The molecule has 0 fully saturated rings. The first-order valence-electron chi connectivity index (χ1n) is 11.8. The SMILES string of the molecule is Cc1sc(Cl)cc1C1=C(c2cc(-c3ccc4c(c3)C(=O)c3ccccc3C4=O)sc2C)C(F)(F)C(F)(F)C1(F)F. The summed E-state index contributed by atoms with van der Waals surface area (Å²) in [6, 6.07) is 12.8. The van der Waals surface area contributed by atoms with Crippen LogP contribution in [0.15, 0.2) is 54.6 Å². The Balaban J connectivity index is 1.54. The maximum atomic E-state index is 15.3. The predicted octanol–water partition coefficient (Wildman–Crippen LogP) is 9.35. The monoisotopic (exact) mass is 608 g/mol. The Morgan fingerprint density at radius 2 is 1.12 bits per heavy atom. The third-order valence-electron chi connectivity index (χ3n) is 7.22. The zero-order valence-electron chi connectivity index (χ0n) is 20.5. The number of thiophene rings is 2.